The third kappa shape index (κ3) is 6.83. The van der Waals surface area contributed by atoms with Gasteiger partial charge in [-0.3, -0.25) is 10.1 Å². The lowest BCUT2D eigenvalue weighted by atomic mass is 10.1. The maximum atomic E-state index is 12.3. The molecule has 0 atom stereocenters. The molecule has 6 nitrogen and oxygen atoms in total. The van der Waals surface area contributed by atoms with Crippen LogP contribution in [0.1, 0.15) is 50.1 Å². The summed E-state index contributed by atoms with van der Waals surface area (Å²) in [4.78, 5) is 12.3. The first kappa shape index (κ1) is 20.6. The third-order valence-corrected chi connectivity index (χ3v) is 4.65. The van der Waals surface area contributed by atoms with E-state index in [1.165, 1.54) is 11.3 Å². The average Bonchev–Trinajstić information content (AvgIpc) is 3.13. The molecule has 1 heterocycles. The van der Waals surface area contributed by atoms with E-state index >= 15 is 0 Å². The molecule has 0 fully saturated rings. The van der Waals surface area contributed by atoms with Crippen molar-refractivity contribution < 1.29 is 9.53 Å². The summed E-state index contributed by atoms with van der Waals surface area (Å²) in [5, 5.41) is 21.3. The van der Waals surface area contributed by atoms with Crippen LogP contribution in [0.4, 0.5) is 5.13 Å². The van der Waals surface area contributed by atoms with Crippen molar-refractivity contribution in [2.75, 3.05) is 11.9 Å². The molecule has 0 saturated carbocycles. The molecule has 0 aliphatic heterocycles. The molecule has 1 aromatic carbocycles. The number of nitrogens with one attached hydrogen (secondary N) is 1. The Morgan fingerprint density at radius 2 is 1.96 bits per heavy atom. The number of hydrogen-bond donors (Lipinski definition) is 1. The highest BCUT2D eigenvalue weighted by Crippen LogP contribution is 2.19. The predicted octanol–water partition coefficient (Wildman–Crippen LogP) is 4.61. The van der Waals surface area contributed by atoms with Crippen LogP contribution in [0.25, 0.3) is 6.08 Å². The fourth-order valence-corrected chi connectivity index (χ4v) is 2.98. The van der Waals surface area contributed by atoms with Crippen molar-refractivity contribution in [3.63, 3.8) is 0 Å². The average molecular weight is 385 g/mol. The molecule has 1 amide bonds. The van der Waals surface area contributed by atoms with E-state index in [1.807, 2.05) is 30.3 Å². The van der Waals surface area contributed by atoms with Crippen LogP contribution in [0.15, 0.2) is 29.8 Å². The number of aryl methyl sites for hydroxylation is 1. The van der Waals surface area contributed by atoms with Crippen LogP contribution in [0.2, 0.25) is 0 Å². The van der Waals surface area contributed by atoms with Gasteiger partial charge in [-0.25, -0.2) is 0 Å². The van der Waals surface area contributed by atoms with E-state index in [0.717, 1.165) is 48.4 Å². The van der Waals surface area contributed by atoms with E-state index in [4.69, 9.17) is 4.74 Å². The first-order chi connectivity index (χ1) is 13.2. The summed E-state index contributed by atoms with van der Waals surface area (Å²) in [7, 11) is 0. The summed E-state index contributed by atoms with van der Waals surface area (Å²) in [6, 6.07) is 9.25. The highest BCUT2D eigenvalue weighted by Gasteiger charge is 2.12. The summed E-state index contributed by atoms with van der Waals surface area (Å²) in [6.07, 6.45) is 6.58. The number of ether oxygens (including phenoxy) is 1. The number of hydrogen-bond acceptors (Lipinski definition) is 6. The van der Waals surface area contributed by atoms with Gasteiger partial charge in [0.05, 0.1) is 6.61 Å². The smallest absolute Gasteiger partial charge is 0.268 e. The van der Waals surface area contributed by atoms with Crippen molar-refractivity contribution in [1.29, 1.82) is 5.26 Å². The van der Waals surface area contributed by atoms with Crippen LogP contribution in [-0.2, 0) is 11.2 Å². The van der Waals surface area contributed by atoms with Gasteiger partial charge in [-0.1, -0.05) is 50.2 Å². The van der Waals surface area contributed by atoms with Crippen LogP contribution >= 0.6 is 11.3 Å². The zero-order valence-electron chi connectivity index (χ0n) is 15.7. The monoisotopic (exact) mass is 384 g/mol. The maximum absolute atomic E-state index is 12.3. The van der Waals surface area contributed by atoms with Gasteiger partial charge in [0, 0.05) is 6.42 Å². The molecule has 0 bridgehead atoms. The zero-order valence-corrected chi connectivity index (χ0v) is 16.5. The van der Waals surface area contributed by atoms with Gasteiger partial charge < -0.3 is 4.74 Å². The molecule has 27 heavy (non-hydrogen) atoms. The van der Waals surface area contributed by atoms with Crippen molar-refractivity contribution in [3.05, 3.63) is 40.4 Å². The fraction of sp³-hybridized carbons (Fsp3) is 0.400. The summed E-state index contributed by atoms with van der Waals surface area (Å²) in [5.74, 6) is 0.288. The third-order valence-electron chi connectivity index (χ3n) is 3.75. The van der Waals surface area contributed by atoms with Crippen LogP contribution in [-0.4, -0.2) is 22.7 Å². The van der Waals surface area contributed by atoms with Crippen molar-refractivity contribution in [2.45, 2.75) is 46.0 Å². The Bertz CT molecular complexity index is 806. The normalized spacial score (nSPS) is 11.1. The molecule has 0 radical (unpaired) electrons. The minimum atomic E-state index is -0.487. The SMILES string of the molecule is CCCCOc1ccc(/C=C(\C#N)C(=O)Nc2nnc(CCCC)s2)cc1. The highest BCUT2D eigenvalue weighted by atomic mass is 32.1. The Labute approximate surface area is 163 Å². The maximum Gasteiger partial charge on any atom is 0.268 e. The molecule has 2 rings (SSSR count). The molecule has 0 aliphatic rings. The Hall–Kier alpha value is -2.72. The minimum Gasteiger partial charge on any atom is -0.494 e. The van der Waals surface area contributed by atoms with Gasteiger partial charge in [0.1, 0.15) is 22.4 Å². The fourth-order valence-electron chi connectivity index (χ4n) is 2.21. The number of anilines is 1. The van der Waals surface area contributed by atoms with Gasteiger partial charge in [-0.15, -0.1) is 10.2 Å². The molecule has 0 saturated heterocycles. The van der Waals surface area contributed by atoms with E-state index < -0.39 is 5.91 Å². The van der Waals surface area contributed by atoms with Crippen molar-refractivity contribution >= 4 is 28.5 Å². The largest absolute Gasteiger partial charge is 0.494 e. The van der Waals surface area contributed by atoms with E-state index in [0.29, 0.717) is 11.7 Å². The molecule has 1 N–H and O–H groups in total. The molecule has 1 aromatic heterocycles. The topological polar surface area (TPSA) is 87.9 Å². The number of aromatic nitrogens is 2. The van der Waals surface area contributed by atoms with E-state index in [1.54, 1.807) is 6.08 Å². The Kier molecular flexibility index (Phi) is 8.46. The summed E-state index contributed by atoms with van der Waals surface area (Å²) < 4.78 is 5.61. The quantitative estimate of drug-likeness (QED) is 0.367. The summed E-state index contributed by atoms with van der Waals surface area (Å²) in [6.45, 7) is 4.90. The van der Waals surface area contributed by atoms with Gasteiger partial charge in [0.15, 0.2) is 0 Å². The number of carbonyl (C=O) groups is 1. The van der Waals surface area contributed by atoms with E-state index in [2.05, 4.69) is 29.4 Å². The van der Waals surface area contributed by atoms with Crippen molar-refractivity contribution in [1.82, 2.24) is 10.2 Å². The van der Waals surface area contributed by atoms with Gasteiger partial charge in [-0.05, 0) is 36.6 Å². The Balaban J connectivity index is 1.99. The Morgan fingerprint density at radius 3 is 2.63 bits per heavy atom. The highest BCUT2D eigenvalue weighted by molar-refractivity contribution is 7.15. The van der Waals surface area contributed by atoms with Crippen LogP contribution in [0, 0.1) is 11.3 Å². The lowest BCUT2D eigenvalue weighted by Gasteiger charge is -2.05. The number of unbranched alkanes of at least 4 members (excludes halogenated alkanes) is 2. The standard InChI is InChI=1S/C20H24N4O2S/c1-3-5-7-18-23-24-20(27-18)22-19(25)16(14-21)13-15-8-10-17(11-9-15)26-12-6-4-2/h8-11,13H,3-7,12H2,1-2H3,(H,22,24,25)/b16-13+. The number of nitrogens with zero attached hydrogens (tertiary/aromatic N) is 3. The van der Waals surface area contributed by atoms with Gasteiger partial charge in [0.25, 0.3) is 5.91 Å². The molecule has 7 heteroatoms. The zero-order chi connectivity index (χ0) is 19.5. The minimum absolute atomic E-state index is 0.0139. The second-order valence-electron chi connectivity index (χ2n) is 6.00. The molecule has 142 valence electrons. The predicted molar refractivity (Wildman–Crippen MR) is 108 cm³/mol. The Morgan fingerprint density at radius 1 is 1.22 bits per heavy atom. The van der Waals surface area contributed by atoms with Gasteiger partial charge >= 0.3 is 0 Å². The van der Waals surface area contributed by atoms with Crippen molar-refractivity contribution in [2.24, 2.45) is 0 Å². The molecule has 2 aromatic rings. The van der Waals surface area contributed by atoms with Crippen LogP contribution in [0.5, 0.6) is 5.75 Å². The molecule has 0 aliphatic carbocycles. The molecule has 0 unspecified atom stereocenters. The molecule has 0 spiro atoms. The number of carbonyl (C=O) groups excluding carboxylic acids is 1. The number of rotatable bonds is 10. The lowest BCUT2D eigenvalue weighted by Crippen LogP contribution is -2.13. The summed E-state index contributed by atoms with van der Waals surface area (Å²) in [5.41, 5.74) is 0.769. The molecular weight excluding hydrogens is 360 g/mol. The number of amides is 1. The number of benzene rings is 1. The second-order valence-corrected chi connectivity index (χ2v) is 7.06. The van der Waals surface area contributed by atoms with Crippen molar-refractivity contribution in [3.8, 4) is 11.8 Å². The van der Waals surface area contributed by atoms with E-state index in [9.17, 15) is 10.1 Å². The van der Waals surface area contributed by atoms with Crippen LogP contribution in [0.3, 0.4) is 0 Å². The summed E-state index contributed by atoms with van der Waals surface area (Å²) >= 11 is 1.34. The second kappa shape index (κ2) is 11.1. The van der Waals surface area contributed by atoms with Gasteiger partial charge in [0.2, 0.25) is 5.13 Å². The lowest BCUT2D eigenvalue weighted by molar-refractivity contribution is -0.112. The first-order valence-electron chi connectivity index (χ1n) is 9.14. The van der Waals surface area contributed by atoms with E-state index in [-0.39, 0.29) is 5.57 Å². The number of nitriles is 1. The van der Waals surface area contributed by atoms with Crippen LogP contribution < -0.4 is 10.1 Å². The van der Waals surface area contributed by atoms with Gasteiger partial charge in [-0.2, -0.15) is 5.26 Å². The first-order valence-corrected chi connectivity index (χ1v) is 9.96. The molecular formula is C20H24N4O2S.